The number of carbonyl (C=O) groups is 1. The Bertz CT molecular complexity index is 656. The van der Waals surface area contributed by atoms with Gasteiger partial charge in [-0.25, -0.2) is 0 Å². The molecule has 0 heterocycles. The molecular weight excluding hydrogens is 344 g/mol. The van der Waals surface area contributed by atoms with Gasteiger partial charge in [0.1, 0.15) is 16.0 Å². The monoisotopic (exact) mass is 354 g/mol. The van der Waals surface area contributed by atoms with E-state index < -0.39 is 0 Å². The minimum atomic E-state index is 0.426. The van der Waals surface area contributed by atoms with Crippen LogP contribution < -0.4 is 9.47 Å². The molecule has 104 valence electrons. The van der Waals surface area contributed by atoms with E-state index in [4.69, 9.17) is 21.1 Å². The molecule has 0 atom stereocenters. The third kappa shape index (κ3) is 2.67. The van der Waals surface area contributed by atoms with Crippen LogP contribution in [-0.4, -0.2) is 20.5 Å². The molecule has 0 saturated carbocycles. The molecule has 0 aliphatic rings. The highest BCUT2D eigenvalue weighted by Crippen LogP contribution is 2.42. The zero-order valence-electron chi connectivity index (χ0n) is 10.9. The maximum absolute atomic E-state index is 11.0. The van der Waals surface area contributed by atoms with Gasteiger partial charge in [0.05, 0.1) is 19.2 Å². The molecule has 3 nitrogen and oxygen atoms in total. The lowest BCUT2D eigenvalue weighted by atomic mass is 10.0. The van der Waals surface area contributed by atoms with Crippen molar-refractivity contribution in [2.24, 2.45) is 0 Å². The van der Waals surface area contributed by atoms with Crippen molar-refractivity contribution in [2.75, 3.05) is 14.2 Å². The number of benzene rings is 2. The zero-order chi connectivity index (χ0) is 14.7. The van der Waals surface area contributed by atoms with Crippen molar-refractivity contribution < 1.29 is 14.3 Å². The van der Waals surface area contributed by atoms with Crippen LogP contribution in [-0.2, 0) is 0 Å². The quantitative estimate of drug-likeness (QED) is 0.752. The first-order valence-corrected chi connectivity index (χ1v) is 6.95. The van der Waals surface area contributed by atoms with Gasteiger partial charge in [-0.05, 0) is 45.8 Å². The molecule has 20 heavy (non-hydrogen) atoms. The molecule has 2 aromatic rings. The summed E-state index contributed by atoms with van der Waals surface area (Å²) in [7, 11) is 3.17. The lowest BCUT2D eigenvalue weighted by Gasteiger charge is -2.14. The molecule has 0 fully saturated rings. The number of ether oxygens (including phenoxy) is 2. The molecule has 5 heteroatoms. The second kappa shape index (κ2) is 6.29. The number of hydrogen-bond donors (Lipinski definition) is 0. The molecule has 0 aliphatic carbocycles. The highest BCUT2D eigenvalue weighted by atomic mass is 79.9. The fourth-order valence-corrected chi connectivity index (χ4v) is 2.76. The van der Waals surface area contributed by atoms with Crippen molar-refractivity contribution in [3.05, 3.63) is 45.4 Å². The lowest BCUT2D eigenvalue weighted by molar-refractivity contribution is 0.112. The van der Waals surface area contributed by atoms with E-state index in [-0.39, 0.29) is 0 Å². The molecule has 0 N–H and O–H groups in total. The molecular formula is C15H12BrClO3. The van der Waals surface area contributed by atoms with Crippen LogP contribution in [0, 0.1) is 0 Å². The molecule has 0 saturated heterocycles. The van der Waals surface area contributed by atoms with Gasteiger partial charge in [0.15, 0.2) is 6.29 Å². The van der Waals surface area contributed by atoms with Crippen molar-refractivity contribution >= 4 is 33.8 Å². The minimum Gasteiger partial charge on any atom is -0.495 e. The Morgan fingerprint density at radius 3 is 2.50 bits per heavy atom. The minimum absolute atomic E-state index is 0.426. The van der Waals surface area contributed by atoms with Crippen LogP contribution in [0.15, 0.2) is 34.8 Å². The van der Waals surface area contributed by atoms with Crippen molar-refractivity contribution in [3.8, 4) is 22.6 Å². The summed E-state index contributed by atoms with van der Waals surface area (Å²) in [4.78, 5) is 11.0. The lowest BCUT2D eigenvalue weighted by Crippen LogP contribution is -1.93. The van der Waals surface area contributed by atoms with E-state index >= 15 is 0 Å². The van der Waals surface area contributed by atoms with E-state index in [1.165, 1.54) is 0 Å². The molecule has 2 rings (SSSR count). The van der Waals surface area contributed by atoms with Crippen LogP contribution in [0.2, 0.25) is 5.02 Å². The fourth-order valence-electron chi connectivity index (χ4n) is 1.92. The van der Waals surface area contributed by atoms with Gasteiger partial charge >= 0.3 is 0 Å². The first-order chi connectivity index (χ1) is 9.62. The summed E-state index contributed by atoms with van der Waals surface area (Å²) in [5.74, 6) is 1.32. The van der Waals surface area contributed by atoms with Gasteiger partial charge in [-0.3, -0.25) is 4.79 Å². The SMILES string of the molecule is COc1ccc(-c2ccc(Cl)c(C=O)c2)c(OC)c1Br. The van der Waals surface area contributed by atoms with Crippen LogP contribution in [0.1, 0.15) is 10.4 Å². The van der Waals surface area contributed by atoms with Gasteiger partial charge in [0.25, 0.3) is 0 Å². The standard InChI is InChI=1S/C15H12BrClO3/c1-19-13-6-4-11(15(20-2)14(13)16)9-3-5-12(17)10(7-9)8-18/h3-8H,1-2H3. The topological polar surface area (TPSA) is 35.5 Å². The van der Waals surface area contributed by atoms with E-state index in [0.29, 0.717) is 22.1 Å². The first kappa shape index (κ1) is 14.9. The molecule has 0 aliphatic heterocycles. The highest BCUT2D eigenvalue weighted by molar-refractivity contribution is 9.10. The third-order valence-electron chi connectivity index (χ3n) is 2.92. The Hall–Kier alpha value is -1.52. The van der Waals surface area contributed by atoms with Crippen molar-refractivity contribution in [3.63, 3.8) is 0 Å². The van der Waals surface area contributed by atoms with Gasteiger partial charge in [-0.15, -0.1) is 0 Å². The van der Waals surface area contributed by atoms with Crippen molar-refractivity contribution in [2.45, 2.75) is 0 Å². The normalized spacial score (nSPS) is 10.2. The predicted octanol–water partition coefficient (Wildman–Crippen LogP) is 4.60. The number of carbonyl (C=O) groups excluding carboxylic acids is 1. The van der Waals surface area contributed by atoms with E-state index in [2.05, 4.69) is 15.9 Å². The van der Waals surface area contributed by atoms with Crippen LogP contribution >= 0.6 is 27.5 Å². The average Bonchev–Trinajstić information content (AvgIpc) is 2.47. The second-order valence-corrected chi connectivity index (χ2v) is 5.22. The maximum Gasteiger partial charge on any atom is 0.151 e. The molecule has 0 aromatic heterocycles. The summed E-state index contributed by atoms with van der Waals surface area (Å²) in [5, 5.41) is 0.426. The fraction of sp³-hybridized carbons (Fsp3) is 0.133. The van der Waals surface area contributed by atoms with E-state index in [0.717, 1.165) is 21.9 Å². The summed E-state index contributed by atoms with van der Waals surface area (Å²) in [6.45, 7) is 0. The van der Waals surface area contributed by atoms with Crippen molar-refractivity contribution in [1.82, 2.24) is 0 Å². The van der Waals surface area contributed by atoms with Gasteiger partial charge in [-0.2, -0.15) is 0 Å². The summed E-state index contributed by atoms with van der Waals surface area (Å²) in [5.41, 5.74) is 2.13. The third-order valence-corrected chi connectivity index (χ3v) is 4.01. The number of hydrogen-bond acceptors (Lipinski definition) is 3. The molecule has 0 radical (unpaired) electrons. The van der Waals surface area contributed by atoms with Crippen LogP contribution in [0.5, 0.6) is 11.5 Å². The van der Waals surface area contributed by atoms with E-state index in [9.17, 15) is 4.79 Å². The predicted molar refractivity (Wildman–Crippen MR) is 83.1 cm³/mol. The molecule has 0 amide bonds. The van der Waals surface area contributed by atoms with Crippen LogP contribution in [0.25, 0.3) is 11.1 Å². The van der Waals surface area contributed by atoms with Crippen LogP contribution in [0.3, 0.4) is 0 Å². The summed E-state index contributed by atoms with van der Waals surface area (Å²) in [6, 6.07) is 8.97. The number of methoxy groups -OCH3 is 2. The zero-order valence-corrected chi connectivity index (χ0v) is 13.3. The first-order valence-electron chi connectivity index (χ1n) is 5.78. The van der Waals surface area contributed by atoms with Gasteiger partial charge in [0, 0.05) is 11.1 Å². The average molecular weight is 356 g/mol. The van der Waals surface area contributed by atoms with E-state index in [1.54, 1.807) is 26.4 Å². The summed E-state index contributed by atoms with van der Waals surface area (Å²) >= 11 is 9.40. The maximum atomic E-state index is 11.0. The second-order valence-electron chi connectivity index (χ2n) is 4.02. The Balaban J connectivity index is 2.63. The number of rotatable bonds is 4. The number of halogens is 2. The number of aldehydes is 1. The molecule has 2 aromatic carbocycles. The molecule has 0 unspecified atom stereocenters. The van der Waals surface area contributed by atoms with Gasteiger partial charge in [-0.1, -0.05) is 17.7 Å². The summed E-state index contributed by atoms with van der Waals surface area (Å²) in [6.07, 6.45) is 0.733. The van der Waals surface area contributed by atoms with E-state index in [1.807, 2.05) is 18.2 Å². The Labute approximate surface area is 130 Å². The Kier molecular flexibility index (Phi) is 4.68. The molecule has 0 bridgehead atoms. The highest BCUT2D eigenvalue weighted by Gasteiger charge is 2.15. The van der Waals surface area contributed by atoms with Gasteiger partial charge < -0.3 is 9.47 Å². The Morgan fingerprint density at radius 1 is 1.15 bits per heavy atom. The van der Waals surface area contributed by atoms with Gasteiger partial charge in [0.2, 0.25) is 0 Å². The van der Waals surface area contributed by atoms with Crippen molar-refractivity contribution in [1.29, 1.82) is 0 Å². The van der Waals surface area contributed by atoms with Crippen LogP contribution in [0.4, 0.5) is 0 Å². The molecule has 0 spiro atoms. The Morgan fingerprint density at radius 2 is 1.90 bits per heavy atom. The summed E-state index contributed by atoms with van der Waals surface area (Å²) < 4.78 is 11.4. The smallest absolute Gasteiger partial charge is 0.151 e. The largest absolute Gasteiger partial charge is 0.495 e.